The molecule has 0 aliphatic heterocycles. The van der Waals surface area contributed by atoms with Gasteiger partial charge in [-0.3, -0.25) is 0 Å². The number of hydrogen-bond donors (Lipinski definition) is 1. The van der Waals surface area contributed by atoms with Gasteiger partial charge in [0.15, 0.2) is 0 Å². The van der Waals surface area contributed by atoms with Gasteiger partial charge in [0, 0.05) is 16.7 Å². The topological polar surface area (TPSA) is 59.6 Å². The highest BCUT2D eigenvalue weighted by Crippen LogP contribution is 2.24. The molecule has 0 saturated heterocycles. The zero-order valence-corrected chi connectivity index (χ0v) is 11.5. The Balaban J connectivity index is 2.60. The highest BCUT2D eigenvalue weighted by molar-refractivity contribution is 9.10. The molecule has 3 nitrogen and oxygen atoms in total. The summed E-state index contributed by atoms with van der Waals surface area (Å²) in [6.45, 7) is 4.57. The SMILES string of the molecule is CC(C)(C#N)CCNc1ccc(C#N)cc1Br. The summed E-state index contributed by atoms with van der Waals surface area (Å²) in [7, 11) is 0. The minimum Gasteiger partial charge on any atom is -0.384 e. The van der Waals surface area contributed by atoms with Crippen molar-refractivity contribution in [3.8, 4) is 12.1 Å². The van der Waals surface area contributed by atoms with Crippen LogP contribution >= 0.6 is 15.9 Å². The molecule has 0 heterocycles. The van der Waals surface area contributed by atoms with Crippen molar-refractivity contribution in [1.82, 2.24) is 0 Å². The van der Waals surface area contributed by atoms with E-state index in [4.69, 9.17) is 10.5 Å². The van der Waals surface area contributed by atoms with Crippen molar-refractivity contribution in [3.63, 3.8) is 0 Å². The summed E-state index contributed by atoms with van der Waals surface area (Å²) in [6.07, 6.45) is 0.774. The van der Waals surface area contributed by atoms with Crippen molar-refractivity contribution in [2.45, 2.75) is 20.3 Å². The van der Waals surface area contributed by atoms with Crippen molar-refractivity contribution in [2.24, 2.45) is 5.41 Å². The molecule has 1 N–H and O–H groups in total. The zero-order chi connectivity index (χ0) is 12.9. The van der Waals surface area contributed by atoms with Crippen LogP contribution in [0.4, 0.5) is 5.69 Å². The van der Waals surface area contributed by atoms with Gasteiger partial charge in [0.05, 0.1) is 23.1 Å². The maximum absolute atomic E-state index is 8.89. The molecule has 0 spiro atoms. The van der Waals surface area contributed by atoms with Crippen LogP contribution < -0.4 is 5.32 Å². The van der Waals surface area contributed by atoms with E-state index < -0.39 is 0 Å². The lowest BCUT2D eigenvalue weighted by molar-refractivity contribution is 0.466. The van der Waals surface area contributed by atoms with Crippen LogP contribution in [0.25, 0.3) is 0 Å². The Labute approximate surface area is 110 Å². The second-order valence-corrected chi connectivity index (χ2v) is 5.33. The molecule has 0 atom stereocenters. The number of nitriles is 2. The largest absolute Gasteiger partial charge is 0.384 e. The summed E-state index contributed by atoms with van der Waals surface area (Å²) in [5.74, 6) is 0. The van der Waals surface area contributed by atoms with E-state index in [1.165, 1.54) is 0 Å². The van der Waals surface area contributed by atoms with Gasteiger partial charge in [0.1, 0.15) is 0 Å². The first-order valence-electron chi connectivity index (χ1n) is 5.33. The maximum atomic E-state index is 8.89. The summed E-state index contributed by atoms with van der Waals surface area (Å²) in [4.78, 5) is 0. The number of hydrogen-bond acceptors (Lipinski definition) is 3. The van der Waals surface area contributed by atoms with Gasteiger partial charge in [-0.2, -0.15) is 10.5 Å². The van der Waals surface area contributed by atoms with Gasteiger partial charge >= 0.3 is 0 Å². The average molecular weight is 292 g/mol. The molecule has 1 aromatic rings. The van der Waals surface area contributed by atoms with Crippen LogP contribution in [0.15, 0.2) is 22.7 Å². The molecule has 0 aliphatic carbocycles. The molecule has 0 bridgehead atoms. The second kappa shape index (κ2) is 5.70. The Morgan fingerprint density at radius 3 is 2.59 bits per heavy atom. The standard InChI is InChI=1S/C13H14BrN3/c1-13(2,9-16)5-6-17-12-4-3-10(8-15)7-11(12)14/h3-4,7,17H,5-6H2,1-2H3. The summed E-state index contributed by atoms with van der Waals surface area (Å²) in [5, 5.41) is 20.9. The Morgan fingerprint density at radius 2 is 2.06 bits per heavy atom. The van der Waals surface area contributed by atoms with Crippen molar-refractivity contribution in [1.29, 1.82) is 10.5 Å². The number of anilines is 1. The van der Waals surface area contributed by atoms with Crippen LogP contribution in [0.1, 0.15) is 25.8 Å². The maximum Gasteiger partial charge on any atom is 0.0992 e. The minimum absolute atomic E-state index is 0.313. The van der Waals surface area contributed by atoms with E-state index in [0.717, 1.165) is 23.1 Å². The lowest BCUT2D eigenvalue weighted by atomic mass is 9.91. The Hall–Kier alpha value is -1.52. The molecule has 88 valence electrons. The predicted octanol–water partition coefficient (Wildman–Crippen LogP) is 3.67. The monoisotopic (exact) mass is 291 g/mol. The number of rotatable bonds is 4. The molecule has 0 radical (unpaired) electrons. The zero-order valence-electron chi connectivity index (χ0n) is 9.92. The van der Waals surface area contributed by atoms with Gasteiger partial charge in [-0.15, -0.1) is 0 Å². The van der Waals surface area contributed by atoms with Crippen molar-refractivity contribution in [2.75, 3.05) is 11.9 Å². The fourth-order valence-electron chi connectivity index (χ4n) is 1.29. The van der Waals surface area contributed by atoms with Crippen LogP contribution in [0.3, 0.4) is 0 Å². The fourth-order valence-corrected chi connectivity index (χ4v) is 1.81. The van der Waals surface area contributed by atoms with Gasteiger partial charge in [0.25, 0.3) is 0 Å². The van der Waals surface area contributed by atoms with E-state index in [1.54, 1.807) is 12.1 Å². The molecule has 1 aromatic carbocycles. The van der Waals surface area contributed by atoms with Crippen molar-refractivity contribution in [3.05, 3.63) is 28.2 Å². The molecule has 0 aromatic heterocycles. The molecule has 0 aliphatic rings. The molecule has 0 fully saturated rings. The second-order valence-electron chi connectivity index (χ2n) is 4.48. The number of halogens is 1. The van der Waals surface area contributed by atoms with Crippen molar-refractivity contribution >= 4 is 21.6 Å². The number of nitrogens with one attached hydrogen (secondary N) is 1. The van der Waals surface area contributed by atoms with Gasteiger partial charge in [0.2, 0.25) is 0 Å². The van der Waals surface area contributed by atoms with E-state index in [1.807, 2.05) is 19.9 Å². The highest BCUT2D eigenvalue weighted by atomic mass is 79.9. The van der Waals surface area contributed by atoms with E-state index >= 15 is 0 Å². The molecule has 17 heavy (non-hydrogen) atoms. The van der Waals surface area contributed by atoms with Crippen LogP contribution in [-0.4, -0.2) is 6.54 Å². The Kier molecular flexibility index (Phi) is 4.54. The van der Waals surface area contributed by atoms with Gasteiger partial charge in [-0.05, 0) is 54.4 Å². The first-order valence-corrected chi connectivity index (χ1v) is 6.12. The van der Waals surface area contributed by atoms with Crippen LogP contribution in [0.2, 0.25) is 0 Å². The third-order valence-electron chi connectivity index (χ3n) is 2.47. The molecular formula is C13H14BrN3. The van der Waals surface area contributed by atoms with E-state index in [2.05, 4.69) is 33.4 Å². The number of benzene rings is 1. The molecule has 4 heteroatoms. The van der Waals surface area contributed by atoms with Gasteiger partial charge in [-0.1, -0.05) is 0 Å². The molecule has 0 unspecified atom stereocenters. The summed E-state index contributed by atoms with van der Waals surface area (Å²) >= 11 is 3.41. The smallest absolute Gasteiger partial charge is 0.0992 e. The Bertz CT molecular complexity index is 480. The van der Waals surface area contributed by atoms with E-state index in [9.17, 15) is 0 Å². The van der Waals surface area contributed by atoms with Gasteiger partial charge in [-0.25, -0.2) is 0 Å². The quantitative estimate of drug-likeness (QED) is 0.921. The summed E-state index contributed by atoms with van der Waals surface area (Å²) in [5.41, 5.74) is 1.25. The van der Waals surface area contributed by atoms with Crippen LogP contribution in [0.5, 0.6) is 0 Å². The Morgan fingerprint density at radius 1 is 1.35 bits per heavy atom. The third-order valence-corrected chi connectivity index (χ3v) is 3.12. The molecular weight excluding hydrogens is 278 g/mol. The number of nitrogens with zero attached hydrogens (tertiary/aromatic N) is 2. The molecule has 0 saturated carbocycles. The highest BCUT2D eigenvalue weighted by Gasteiger charge is 2.15. The van der Waals surface area contributed by atoms with Gasteiger partial charge < -0.3 is 5.32 Å². The molecule has 1 rings (SSSR count). The van der Waals surface area contributed by atoms with E-state index in [0.29, 0.717) is 5.56 Å². The minimum atomic E-state index is -0.313. The first kappa shape index (κ1) is 13.5. The fraction of sp³-hybridized carbons (Fsp3) is 0.385. The third kappa shape index (κ3) is 4.09. The normalized spacial score (nSPS) is 10.4. The molecule has 0 amide bonds. The van der Waals surface area contributed by atoms with E-state index in [-0.39, 0.29) is 5.41 Å². The summed E-state index contributed by atoms with van der Waals surface area (Å²) < 4.78 is 0.867. The average Bonchev–Trinajstić information content (AvgIpc) is 2.31. The van der Waals surface area contributed by atoms with Crippen molar-refractivity contribution < 1.29 is 0 Å². The van der Waals surface area contributed by atoms with Crippen LogP contribution in [-0.2, 0) is 0 Å². The predicted molar refractivity (Wildman–Crippen MR) is 71.4 cm³/mol. The van der Waals surface area contributed by atoms with Crippen LogP contribution in [0, 0.1) is 28.1 Å². The first-order chi connectivity index (χ1) is 7.98. The summed E-state index contributed by atoms with van der Waals surface area (Å²) in [6, 6.07) is 9.75. The lowest BCUT2D eigenvalue weighted by Crippen LogP contribution is -2.14. The lowest BCUT2D eigenvalue weighted by Gasteiger charge is -2.16.